The van der Waals surface area contributed by atoms with Gasteiger partial charge in [-0.05, 0) is 25.2 Å². The fraction of sp³-hybridized carbons (Fsp3) is 0.733. The van der Waals surface area contributed by atoms with Crippen LogP contribution in [0.1, 0.15) is 40.0 Å². The number of nitrogens with one attached hydrogen (secondary N) is 3. The van der Waals surface area contributed by atoms with Crippen molar-refractivity contribution in [2.45, 2.75) is 46.1 Å². The normalized spacial score (nSPS) is 17.3. The van der Waals surface area contributed by atoms with Crippen molar-refractivity contribution in [3.8, 4) is 6.07 Å². The van der Waals surface area contributed by atoms with Crippen LogP contribution in [0.5, 0.6) is 0 Å². The molecule has 0 saturated carbocycles. The monoisotopic (exact) mass is 566 g/mol. The van der Waals surface area contributed by atoms with Gasteiger partial charge >= 0.3 is 0 Å². The van der Waals surface area contributed by atoms with Crippen LogP contribution in [-0.4, -0.2) is 37.4 Å². The van der Waals surface area contributed by atoms with E-state index >= 15 is 0 Å². The number of nitrogens with zero attached hydrogens (tertiary/aromatic N) is 1. The van der Waals surface area contributed by atoms with E-state index in [0.717, 1.165) is 18.8 Å². The van der Waals surface area contributed by atoms with Crippen molar-refractivity contribution >= 4 is 18.2 Å². The van der Waals surface area contributed by atoms with Crippen molar-refractivity contribution < 1.29 is 14.4 Å². The molecule has 0 aromatic rings. The minimum Gasteiger partial charge on any atom is -0.522 e. The Hall–Kier alpha value is -3.10. The molecule has 0 aliphatic carbocycles. The Balaban J connectivity index is 0. The van der Waals surface area contributed by atoms with Gasteiger partial charge in [-0.25, -0.2) is 0 Å². The SMILES string of the molecule is CC(C)C.N#CC(C[C@@H]1CCCNC1=O)NC(=O)CN[C-]=O.[Fm]. The molecule has 3 amide bonds. The van der Waals surface area contributed by atoms with E-state index in [1.807, 2.05) is 6.07 Å². The number of nitriles is 1. The van der Waals surface area contributed by atoms with Crippen LogP contribution >= 0.6 is 0 Å². The Kier molecular flexibility index (Phi) is 12.2. The molecule has 1 heterocycles. The summed E-state index contributed by atoms with van der Waals surface area (Å²) in [5.41, 5.74) is 0. The van der Waals surface area contributed by atoms with E-state index in [0.29, 0.717) is 13.0 Å². The Morgan fingerprint density at radius 1 is 1.48 bits per heavy atom. The maximum absolute atomic E-state index is 11.5. The fourth-order valence-electron chi connectivity index (χ4n) is 1.85. The maximum Gasteiger partial charge on any atom is 0.237 e. The zero-order valence-corrected chi connectivity index (χ0v) is 16.1. The molecule has 136 valence electrons. The molecule has 1 unspecified atom stereocenters. The Bertz CT molecular complexity index is 407. The molecule has 7 nitrogen and oxygen atoms in total. The largest absolute Gasteiger partial charge is 0.522 e. The van der Waals surface area contributed by atoms with Gasteiger partial charge in [0.2, 0.25) is 11.8 Å². The van der Waals surface area contributed by atoms with Crippen molar-refractivity contribution in [3.63, 3.8) is 0 Å². The second-order valence-corrected chi connectivity index (χ2v) is 5.80. The molecule has 1 fully saturated rings. The van der Waals surface area contributed by atoms with E-state index in [-0.39, 0.29) is 18.4 Å². The van der Waals surface area contributed by atoms with Crippen molar-refractivity contribution in [3.05, 3.63) is 0 Å². The second-order valence-electron chi connectivity index (χ2n) is 5.80. The Morgan fingerprint density at radius 3 is 2.57 bits per heavy atom. The molecule has 0 bridgehead atoms. The standard InChI is InChI=1S/C11H15N4O3.C4H10.Fm/c12-5-9(15-10(17)6-13-7-16)4-8-2-1-3-14-11(8)18;1-4(2)3;/h8-9H,1-4,6H2,(H,13,16)(H,14,18)(H,15,17);4H,1-3H3;/q-1;;/t8-,9?;;/m0../s1. The van der Waals surface area contributed by atoms with Crippen molar-refractivity contribution in [2.75, 3.05) is 13.1 Å². The van der Waals surface area contributed by atoms with Gasteiger partial charge < -0.3 is 20.7 Å². The van der Waals surface area contributed by atoms with E-state index < -0.39 is 11.9 Å². The molecule has 8 heteroatoms. The van der Waals surface area contributed by atoms with Crippen molar-refractivity contribution in [1.29, 1.82) is 5.26 Å². The molecule has 23 heavy (non-hydrogen) atoms. The van der Waals surface area contributed by atoms with Crippen LogP contribution in [0.4, 0.5) is 0 Å². The van der Waals surface area contributed by atoms with Crippen LogP contribution in [0, 0.1) is 23.2 Å². The topological polar surface area (TPSA) is 111 Å². The van der Waals surface area contributed by atoms with Crippen molar-refractivity contribution in [1.82, 2.24) is 16.0 Å². The zero-order valence-electron chi connectivity index (χ0n) is 13.7. The number of carbonyl (C=O) groups excluding carboxylic acids is 3. The predicted octanol–water partition coefficient (Wildman–Crippen LogP) is 0.230. The van der Waals surface area contributed by atoms with Crippen LogP contribution in [0.25, 0.3) is 0 Å². The minimum atomic E-state index is -0.722. The first-order valence-electron chi connectivity index (χ1n) is 7.47. The first-order chi connectivity index (χ1) is 10.4. The number of rotatable bonds is 6. The zero-order chi connectivity index (χ0) is 17.0. The van der Waals surface area contributed by atoms with E-state index in [1.165, 1.54) is 6.41 Å². The van der Waals surface area contributed by atoms with Crippen LogP contribution in [-0.2, 0) is 14.4 Å². The molecule has 1 saturated heterocycles. The summed E-state index contributed by atoms with van der Waals surface area (Å²) >= 11 is 0. The van der Waals surface area contributed by atoms with Gasteiger partial charge in [-0.3, -0.25) is 9.59 Å². The summed E-state index contributed by atoms with van der Waals surface area (Å²) in [6.07, 6.45) is 3.26. The third-order valence-corrected chi connectivity index (χ3v) is 2.73. The predicted molar refractivity (Wildman–Crippen MR) is 82.1 cm³/mol. The number of piperidine rings is 1. The van der Waals surface area contributed by atoms with E-state index in [9.17, 15) is 14.4 Å². The van der Waals surface area contributed by atoms with Crippen LogP contribution < -0.4 is 16.0 Å². The van der Waals surface area contributed by atoms with Gasteiger partial charge in [-0.1, -0.05) is 20.8 Å². The fourth-order valence-corrected chi connectivity index (χ4v) is 1.85. The van der Waals surface area contributed by atoms with Crippen molar-refractivity contribution in [2.24, 2.45) is 11.8 Å². The average Bonchev–Trinajstić information content (AvgIpc) is 2.46. The summed E-state index contributed by atoms with van der Waals surface area (Å²) in [6.45, 7) is 6.94. The summed E-state index contributed by atoms with van der Waals surface area (Å²) in [5.74, 6) is 0.0468. The van der Waals surface area contributed by atoms with Gasteiger partial charge in [0.15, 0.2) is 0 Å². The summed E-state index contributed by atoms with van der Waals surface area (Å²) in [5, 5.41) is 16.2. The molecule has 0 spiro atoms. The molecule has 1 rings (SSSR count). The summed E-state index contributed by atoms with van der Waals surface area (Å²) in [6, 6.07) is 1.22. The quantitative estimate of drug-likeness (QED) is 0.316. The average molecular weight is 566 g/mol. The third kappa shape index (κ3) is 11.3. The summed E-state index contributed by atoms with van der Waals surface area (Å²) in [4.78, 5) is 32.7. The molecule has 0 aromatic heterocycles. The molecule has 1 aliphatic heterocycles. The van der Waals surface area contributed by atoms with Gasteiger partial charge in [0.05, 0.1) is 12.6 Å². The molecule has 2 atom stereocenters. The molecular formula is C15H25FmN4O3-. The van der Waals surface area contributed by atoms with Crippen LogP contribution in [0.15, 0.2) is 0 Å². The van der Waals surface area contributed by atoms with Gasteiger partial charge in [0.25, 0.3) is 0 Å². The van der Waals surface area contributed by atoms with Gasteiger partial charge in [-0.2, -0.15) is 11.7 Å². The summed E-state index contributed by atoms with van der Waals surface area (Å²) in [7, 11) is 0. The Morgan fingerprint density at radius 2 is 2.09 bits per heavy atom. The first kappa shape index (κ1) is 22.2. The van der Waals surface area contributed by atoms with Crippen LogP contribution in [0.3, 0.4) is 0 Å². The van der Waals surface area contributed by atoms with Gasteiger partial charge in [0, 0.05) is 12.5 Å². The molecule has 0 aromatic carbocycles. The molecule has 3 N–H and O–H groups in total. The van der Waals surface area contributed by atoms with Gasteiger partial charge in [-0.15, -0.1) is 0 Å². The van der Waals surface area contributed by atoms with E-state index in [4.69, 9.17) is 5.26 Å². The number of carbonyl (C=O) groups is 2. The maximum atomic E-state index is 11.5. The second kappa shape index (κ2) is 12.6. The third-order valence-electron chi connectivity index (χ3n) is 2.73. The summed E-state index contributed by atoms with van der Waals surface area (Å²) < 4.78 is 0. The van der Waals surface area contributed by atoms with Gasteiger partial charge in [0.1, 0.15) is 6.04 Å². The number of amides is 3. The number of hydrogen-bond acceptors (Lipinski definition) is 4. The molecular weight excluding hydrogens is 541 g/mol. The first-order valence-corrected chi connectivity index (χ1v) is 7.47. The van der Waals surface area contributed by atoms with E-state index in [2.05, 4.69) is 36.7 Å². The van der Waals surface area contributed by atoms with E-state index in [1.54, 1.807) is 0 Å². The minimum absolute atomic E-state index is 0. The van der Waals surface area contributed by atoms with Crippen LogP contribution in [0.2, 0.25) is 0 Å². The molecule has 1 aliphatic rings. The smallest absolute Gasteiger partial charge is 0.237 e. The molecule has 0 radical (unpaired) electrons. The number of hydrogen-bond donors (Lipinski definition) is 3. The Labute approximate surface area is 131 Å².